The number of quaternary nitrogens is 2. The van der Waals surface area contributed by atoms with Crippen molar-refractivity contribution in [2.45, 2.75) is 27.1 Å². The molecule has 0 unspecified atom stereocenters. The highest BCUT2D eigenvalue weighted by Crippen LogP contribution is 2.18. The molecular formula is C20H27FN6OS+2. The number of rotatable bonds is 5. The largest absolute Gasteiger partial charge is 0.496 e. The molecule has 0 amide bonds. The molecule has 1 saturated heterocycles. The van der Waals surface area contributed by atoms with Crippen LogP contribution in [0.4, 0.5) is 4.39 Å². The molecule has 0 atom stereocenters. The molecule has 9 heteroatoms. The van der Waals surface area contributed by atoms with Crippen molar-refractivity contribution in [1.29, 1.82) is 0 Å². The Balaban J connectivity index is 1.41. The van der Waals surface area contributed by atoms with Crippen molar-refractivity contribution in [3.8, 4) is 5.75 Å². The van der Waals surface area contributed by atoms with Crippen molar-refractivity contribution in [3.05, 3.63) is 51.8 Å². The standard InChI is InChI=1S/C20H25FN6OS/c1-14-10-15(2)27-19(22-14)23-26(20(27)29)13-25-8-6-24(7-9-25)12-16-11-17(21)4-5-18(16)28-3/h4-5,10-11H,6-9,12-13H2,1-3H3/p+2. The molecule has 7 nitrogen and oxygen atoms in total. The molecular weight excluding hydrogens is 391 g/mol. The minimum absolute atomic E-state index is 0.218. The van der Waals surface area contributed by atoms with E-state index in [-0.39, 0.29) is 5.82 Å². The monoisotopic (exact) mass is 418 g/mol. The van der Waals surface area contributed by atoms with Gasteiger partial charge in [-0.1, -0.05) is 0 Å². The highest BCUT2D eigenvalue weighted by molar-refractivity contribution is 7.71. The lowest BCUT2D eigenvalue weighted by atomic mass is 10.1. The van der Waals surface area contributed by atoms with Gasteiger partial charge in [-0.25, -0.2) is 9.37 Å². The Morgan fingerprint density at radius 2 is 1.86 bits per heavy atom. The number of hydrogen-bond acceptors (Lipinski definition) is 4. The third-order valence-corrected chi connectivity index (χ3v) is 5.98. The zero-order chi connectivity index (χ0) is 20.5. The van der Waals surface area contributed by atoms with Gasteiger partial charge in [-0.05, 0) is 50.3 Å². The Bertz CT molecular complexity index is 1090. The smallest absolute Gasteiger partial charge is 0.254 e. The lowest BCUT2D eigenvalue weighted by Crippen LogP contribution is -3.27. The molecule has 29 heavy (non-hydrogen) atoms. The second kappa shape index (κ2) is 8.17. The van der Waals surface area contributed by atoms with Crippen LogP contribution in [0.2, 0.25) is 0 Å². The third kappa shape index (κ3) is 4.17. The van der Waals surface area contributed by atoms with E-state index in [0.717, 1.165) is 62.1 Å². The van der Waals surface area contributed by atoms with Crippen molar-refractivity contribution in [2.24, 2.45) is 0 Å². The van der Waals surface area contributed by atoms with Crippen LogP contribution in [0.1, 0.15) is 17.0 Å². The van der Waals surface area contributed by atoms with Crippen LogP contribution in [-0.2, 0) is 13.2 Å². The van der Waals surface area contributed by atoms with E-state index in [4.69, 9.17) is 17.0 Å². The van der Waals surface area contributed by atoms with Crippen LogP contribution >= 0.6 is 12.2 Å². The van der Waals surface area contributed by atoms with Crippen LogP contribution in [0.5, 0.6) is 5.75 Å². The predicted molar refractivity (Wildman–Crippen MR) is 109 cm³/mol. The number of nitrogens with zero attached hydrogens (tertiary/aromatic N) is 4. The Labute approximate surface area is 174 Å². The van der Waals surface area contributed by atoms with Crippen molar-refractivity contribution in [1.82, 2.24) is 19.2 Å². The maximum Gasteiger partial charge on any atom is 0.254 e. The number of methoxy groups -OCH3 is 1. The third-order valence-electron chi connectivity index (χ3n) is 5.59. The summed E-state index contributed by atoms with van der Waals surface area (Å²) in [6.07, 6.45) is 0. The van der Waals surface area contributed by atoms with Gasteiger partial charge in [0, 0.05) is 11.4 Å². The fraction of sp³-hybridized carbons (Fsp3) is 0.450. The van der Waals surface area contributed by atoms with Gasteiger partial charge < -0.3 is 14.5 Å². The van der Waals surface area contributed by atoms with Crippen LogP contribution in [-0.4, -0.2) is 52.5 Å². The zero-order valence-electron chi connectivity index (χ0n) is 17.0. The Hall–Kier alpha value is -2.36. The van der Waals surface area contributed by atoms with Gasteiger partial charge in [-0.15, -0.1) is 5.10 Å². The number of piperazine rings is 1. The van der Waals surface area contributed by atoms with E-state index in [1.54, 1.807) is 19.2 Å². The van der Waals surface area contributed by atoms with Crippen LogP contribution in [0, 0.1) is 24.4 Å². The van der Waals surface area contributed by atoms with E-state index < -0.39 is 0 Å². The van der Waals surface area contributed by atoms with Gasteiger partial charge in [0.1, 0.15) is 44.3 Å². The van der Waals surface area contributed by atoms with E-state index in [1.165, 1.54) is 15.9 Å². The average Bonchev–Trinajstić information content (AvgIpc) is 2.99. The van der Waals surface area contributed by atoms with Crippen LogP contribution in [0.15, 0.2) is 24.3 Å². The van der Waals surface area contributed by atoms with E-state index in [0.29, 0.717) is 10.5 Å². The highest BCUT2D eigenvalue weighted by atomic mass is 32.1. The van der Waals surface area contributed by atoms with Gasteiger partial charge in [0.2, 0.25) is 4.77 Å². The first-order chi connectivity index (χ1) is 13.9. The Morgan fingerprint density at radius 1 is 1.14 bits per heavy atom. The normalized spacial score (nSPS) is 19.6. The molecule has 3 heterocycles. The summed E-state index contributed by atoms with van der Waals surface area (Å²) in [7, 11) is 1.63. The molecule has 4 rings (SSSR count). The first kappa shape index (κ1) is 19.9. The van der Waals surface area contributed by atoms with E-state index >= 15 is 0 Å². The molecule has 0 radical (unpaired) electrons. The number of halogens is 1. The number of aryl methyl sites for hydroxylation is 2. The van der Waals surface area contributed by atoms with Gasteiger partial charge in [0.15, 0.2) is 6.67 Å². The van der Waals surface area contributed by atoms with Gasteiger partial charge in [-0.3, -0.25) is 4.40 Å². The molecule has 2 aromatic heterocycles. The summed E-state index contributed by atoms with van der Waals surface area (Å²) in [5, 5.41) is 4.63. The lowest BCUT2D eigenvalue weighted by Gasteiger charge is -2.29. The van der Waals surface area contributed by atoms with Crippen LogP contribution in [0.25, 0.3) is 5.78 Å². The summed E-state index contributed by atoms with van der Waals surface area (Å²) in [5.74, 6) is 1.20. The second-order valence-corrected chi connectivity index (χ2v) is 8.11. The maximum atomic E-state index is 13.6. The SMILES string of the molecule is COc1ccc(F)cc1C[NH+]1CC[NH+](Cn2nc3nc(C)cc(C)n3c2=S)CC1. The summed E-state index contributed by atoms with van der Waals surface area (Å²) in [6, 6.07) is 6.74. The molecule has 154 valence electrons. The summed E-state index contributed by atoms with van der Waals surface area (Å²) in [4.78, 5) is 7.38. The number of aromatic nitrogens is 4. The summed E-state index contributed by atoms with van der Waals surface area (Å²) >= 11 is 5.63. The predicted octanol–water partition coefficient (Wildman–Crippen LogP) is -0.0341. The maximum absolute atomic E-state index is 13.6. The first-order valence-corrected chi connectivity index (χ1v) is 10.3. The van der Waals surface area contributed by atoms with Gasteiger partial charge in [0.25, 0.3) is 5.78 Å². The topological polar surface area (TPSA) is 53.2 Å². The number of nitrogens with one attached hydrogen (secondary N) is 2. The number of ether oxygens (including phenoxy) is 1. The number of benzene rings is 1. The average molecular weight is 419 g/mol. The van der Waals surface area contributed by atoms with Gasteiger partial charge in [0.05, 0.1) is 12.7 Å². The molecule has 0 saturated carbocycles. The molecule has 1 aromatic carbocycles. The van der Waals surface area contributed by atoms with E-state index in [1.807, 2.05) is 29.0 Å². The van der Waals surface area contributed by atoms with Gasteiger partial charge >= 0.3 is 0 Å². The minimum Gasteiger partial charge on any atom is -0.496 e. The summed E-state index contributed by atoms with van der Waals surface area (Å²) in [6.45, 7) is 9.52. The fourth-order valence-electron chi connectivity index (χ4n) is 4.10. The molecule has 0 spiro atoms. The minimum atomic E-state index is -0.218. The first-order valence-electron chi connectivity index (χ1n) is 9.88. The molecule has 1 aliphatic rings. The molecule has 1 fully saturated rings. The summed E-state index contributed by atoms with van der Waals surface area (Å²) < 4.78 is 23.5. The van der Waals surface area contributed by atoms with Crippen molar-refractivity contribution in [2.75, 3.05) is 33.3 Å². The molecule has 2 N–H and O–H groups in total. The van der Waals surface area contributed by atoms with Crippen LogP contribution in [0.3, 0.4) is 0 Å². The number of hydrogen-bond donors (Lipinski definition) is 2. The lowest BCUT2D eigenvalue weighted by molar-refractivity contribution is -1.03. The van der Waals surface area contributed by atoms with Crippen molar-refractivity contribution >= 4 is 18.0 Å². The Morgan fingerprint density at radius 3 is 2.59 bits per heavy atom. The quantitative estimate of drug-likeness (QED) is 0.572. The van der Waals surface area contributed by atoms with E-state index in [2.05, 4.69) is 10.1 Å². The molecule has 0 aliphatic carbocycles. The number of fused-ring (bicyclic) bond motifs is 1. The van der Waals surface area contributed by atoms with Crippen LogP contribution < -0.4 is 14.5 Å². The van der Waals surface area contributed by atoms with Crippen molar-refractivity contribution in [3.63, 3.8) is 0 Å². The summed E-state index contributed by atoms with van der Waals surface area (Å²) in [5.41, 5.74) is 2.92. The molecule has 1 aliphatic heterocycles. The Kier molecular flexibility index (Phi) is 5.62. The zero-order valence-corrected chi connectivity index (χ0v) is 17.9. The highest BCUT2D eigenvalue weighted by Gasteiger charge is 2.25. The second-order valence-electron chi connectivity index (χ2n) is 7.75. The molecule has 0 bridgehead atoms. The van der Waals surface area contributed by atoms with Gasteiger partial charge in [-0.2, -0.15) is 4.68 Å². The molecule has 3 aromatic rings. The van der Waals surface area contributed by atoms with E-state index in [9.17, 15) is 4.39 Å². The fourth-order valence-corrected chi connectivity index (χ4v) is 4.43. The van der Waals surface area contributed by atoms with Crippen molar-refractivity contribution < 1.29 is 18.9 Å².